The fourth-order valence-corrected chi connectivity index (χ4v) is 1.38. The molecule has 0 radical (unpaired) electrons. The van der Waals surface area contributed by atoms with Gasteiger partial charge in [0.25, 0.3) is 0 Å². The fraction of sp³-hybridized carbons (Fsp3) is 0.250. The second kappa shape index (κ2) is 7.04. The van der Waals surface area contributed by atoms with Gasteiger partial charge in [0.2, 0.25) is 5.91 Å². The Hall–Kier alpha value is -1.31. The second-order valence-corrected chi connectivity index (χ2v) is 4.13. The quantitative estimate of drug-likeness (QED) is 0.630. The molecule has 0 spiro atoms. The fourth-order valence-electron chi connectivity index (χ4n) is 1.11. The van der Waals surface area contributed by atoms with Crippen molar-refractivity contribution in [3.8, 4) is 12.3 Å². The lowest BCUT2D eigenvalue weighted by atomic mass is 10.2. The molecule has 1 aromatic carbocycles. The van der Waals surface area contributed by atoms with Gasteiger partial charge in [-0.2, -0.15) is 0 Å². The van der Waals surface area contributed by atoms with E-state index in [0.717, 1.165) is 10.0 Å². The van der Waals surface area contributed by atoms with Crippen molar-refractivity contribution in [2.24, 2.45) is 0 Å². The van der Waals surface area contributed by atoms with Gasteiger partial charge in [-0.1, -0.05) is 34.0 Å². The minimum atomic E-state index is -0.0573. The van der Waals surface area contributed by atoms with Crippen LogP contribution in [-0.2, 0) is 11.3 Å². The zero-order chi connectivity index (χ0) is 11.8. The van der Waals surface area contributed by atoms with E-state index in [2.05, 4.69) is 32.5 Å². The van der Waals surface area contributed by atoms with Crippen molar-refractivity contribution in [1.29, 1.82) is 0 Å². The van der Waals surface area contributed by atoms with Gasteiger partial charge in [-0.25, -0.2) is 0 Å². The van der Waals surface area contributed by atoms with Gasteiger partial charge in [-0.15, -0.1) is 6.42 Å². The highest BCUT2D eigenvalue weighted by atomic mass is 79.9. The maximum atomic E-state index is 11.3. The molecule has 0 bridgehead atoms. The lowest BCUT2D eigenvalue weighted by Crippen LogP contribution is -2.33. The van der Waals surface area contributed by atoms with E-state index in [-0.39, 0.29) is 12.5 Å². The molecule has 4 heteroatoms. The maximum absolute atomic E-state index is 11.3. The summed E-state index contributed by atoms with van der Waals surface area (Å²) < 4.78 is 1.03. The SMILES string of the molecule is C#CCNCC(=O)NCc1ccc(Br)cc1. The van der Waals surface area contributed by atoms with Crippen molar-refractivity contribution in [2.75, 3.05) is 13.1 Å². The van der Waals surface area contributed by atoms with Crippen LogP contribution in [-0.4, -0.2) is 19.0 Å². The normalized spacial score (nSPS) is 9.50. The molecule has 1 amide bonds. The molecule has 0 fully saturated rings. The van der Waals surface area contributed by atoms with Crippen LogP contribution >= 0.6 is 15.9 Å². The van der Waals surface area contributed by atoms with E-state index < -0.39 is 0 Å². The molecule has 0 aliphatic carbocycles. The highest BCUT2D eigenvalue weighted by molar-refractivity contribution is 9.10. The molecule has 84 valence electrons. The van der Waals surface area contributed by atoms with Crippen molar-refractivity contribution in [3.63, 3.8) is 0 Å². The van der Waals surface area contributed by atoms with Crippen molar-refractivity contribution < 1.29 is 4.79 Å². The van der Waals surface area contributed by atoms with Crippen LogP contribution < -0.4 is 10.6 Å². The van der Waals surface area contributed by atoms with Crippen molar-refractivity contribution in [2.45, 2.75) is 6.54 Å². The standard InChI is InChI=1S/C12H13BrN2O/c1-2-7-14-9-12(16)15-8-10-3-5-11(13)6-4-10/h1,3-6,14H,7-9H2,(H,15,16). The van der Waals surface area contributed by atoms with Crippen molar-refractivity contribution >= 4 is 21.8 Å². The van der Waals surface area contributed by atoms with Crippen molar-refractivity contribution in [1.82, 2.24) is 10.6 Å². The van der Waals surface area contributed by atoms with Gasteiger partial charge >= 0.3 is 0 Å². The first-order valence-corrected chi connectivity index (χ1v) is 5.67. The van der Waals surface area contributed by atoms with E-state index in [1.807, 2.05) is 24.3 Å². The largest absolute Gasteiger partial charge is 0.351 e. The number of halogens is 1. The van der Waals surface area contributed by atoms with Gasteiger partial charge in [0.1, 0.15) is 0 Å². The van der Waals surface area contributed by atoms with Crippen LogP contribution in [0.25, 0.3) is 0 Å². The number of hydrogen-bond donors (Lipinski definition) is 2. The summed E-state index contributed by atoms with van der Waals surface area (Å²) in [5.41, 5.74) is 1.06. The number of hydrogen-bond acceptors (Lipinski definition) is 2. The predicted octanol–water partition coefficient (Wildman–Crippen LogP) is 1.29. The van der Waals surface area contributed by atoms with Gasteiger partial charge in [0.15, 0.2) is 0 Å². The Kier molecular flexibility index (Phi) is 5.62. The van der Waals surface area contributed by atoms with Gasteiger partial charge in [-0.05, 0) is 17.7 Å². The zero-order valence-corrected chi connectivity index (χ0v) is 10.4. The summed E-state index contributed by atoms with van der Waals surface area (Å²) in [4.78, 5) is 11.3. The Bertz CT molecular complexity index is 381. The molecule has 0 unspecified atom stereocenters. The van der Waals surface area contributed by atoms with Crippen LogP contribution in [0.2, 0.25) is 0 Å². The second-order valence-electron chi connectivity index (χ2n) is 3.21. The molecule has 1 rings (SSSR count). The zero-order valence-electron chi connectivity index (χ0n) is 8.79. The predicted molar refractivity (Wildman–Crippen MR) is 67.7 cm³/mol. The lowest BCUT2D eigenvalue weighted by molar-refractivity contribution is -0.120. The third-order valence-corrected chi connectivity index (χ3v) is 2.44. The lowest BCUT2D eigenvalue weighted by Gasteiger charge is -2.05. The number of carbonyl (C=O) groups is 1. The first-order chi connectivity index (χ1) is 7.72. The Morgan fingerprint density at radius 3 is 2.69 bits per heavy atom. The molecule has 1 aromatic rings. The summed E-state index contributed by atoms with van der Waals surface area (Å²) >= 11 is 3.35. The number of nitrogens with one attached hydrogen (secondary N) is 2. The first-order valence-electron chi connectivity index (χ1n) is 4.87. The molecular formula is C12H13BrN2O. The van der Waals surface area contributed by atoms with Crippen molar-refractivity contribution in [3.05, 3.63) is 34.3 Å². The average Bonchev–Trinajstić information content (AvgIpc) is 2.29. The number of rotatable bonds is 5. The van der Waals surface area contributed by atoms with E-state index in [1.54, 1.807) is 0 Å². The molecule has 3 nitrogen and oxygen atoms in total. The van der Waals surface area contributed by atoms with E-state index in [4.69, 9.17) is 6.42 Å². The monoisotopic (exact) mass is 280 g/mol. The van der Waals surface area contributed by atoms with Crippen LogP contribution in [0, 0.1) is 12.3 Å². The highest BCUT2D eigenvalue weighted by Crippen LogP contribution is 2.09. The number of amides is 1. The Morgan fingerprint density at radius 1 is 1.38 bits per heavy atom. The molecule has 0 aliphatic heterocycles. The molecule has 0 saturated heterocycles. The smallest absolute Gasteiger partial charge is 0.234 e. The molecule has 0 aliphatic rings. The maximum Gasteiger partial charge on any atom is 0.234 e. The Balaban J connectivity index is 2.26. The van der Waals surface area contributed by atoms with E-state index >= 15 is 0 Å². The minimum absolute atomic E-state index is 0.0573. The third-order valence-electron chi connectivity index (χ3n) is 1.92. The minimum Gasteiger partial charge on any atom is -0.351 e. The van der Waals surface area contributed by atoms with Gasteiger partial charge < -0.3 is 5.32 Å². The highest BCUT2D eigenvalue weighted by Gasteiger charge is 1.99. The van der Waals surface area contributed by atoms with Crippen LogP contribution in [0.3, 0.4) is 0 Å². The topological polar surface area (TPSA) is 41.1 Å². The molecule has 0 heterocycles. The summed E-state index contributed by atoms with van der Waals surface area (Å²) in [6, 6.07) is 7.80. The van der Waals surface area contributed by atoms with E-state index in [1.165, 1.54) is 0 Å². The van der Waals surface area contributed by atoms with Crippen LogP contribution in [0.4, 0.5) is 0 Å². The van der Waals surface area contributed by atoms with Crippen LogP contribution in [0.5, 0.6) is 0 Å². The summed E-state index contributed by atoms with van der Waals surface area (Å²) in [7, 11) is 0. The molecular weight excluding hydrogens is 268 g/mol. The van der Waals surface area contributed by atoms with Crippen LogP contribution in [0.15, 0.2) is 28.7 Å². The summed E-state index contributed by atoms with van der Waals surface area (Å²) in [6.07, 6.45) is 5.05. The summed E-state index contributed by atoms with van der Waals surface area (Å²) in [5.74, 6) is 2.35. The molecule has 0 aromatic heterocycles. The third kappa shape index (κ3) is 4.96. The number of terminal acetylenes is 1. The Labute approximate surface area is 104 Å². The van der Waals surface area contributed by atoms with Gasteiger partial charge in [-0.3, -0.25) is 10.1 Å². The Morgan fingerprint density at radius 2 is 2.06 bits per heavy atom. The van der Waals surface area contributed by atoms with E-state index in [9.17, 15) is 4.79 Å². The number of benzene rings is 1. The van der Waals surface area contributed by atoms with E-state index in [0.29, 0.717) is 13.1 Å². The molecule has 0 saturated carbocycles. The average molecular weight is 281 g/mol. The first kappa shape index (κ1) is 12.8. The van der Waals surface area contributed by atoms with Gasteiger partial charge in [0, 0.05) is 11.0 Å². The molecule has 0 atom stereocenters. The summed E-state index contributed by atoms with van der Waals surface area (Å²) in [5, 5.41) is 5.62. The van der Waals surface area contributed by atoms with Gasteiger partial charge in [0.05, 0.1) is 13.1 Å². The summed E-state index contributed by atoms with van der Waals surface area (Å²) in [6.45, 7) is 1.19. The number of carbonyl (C=O) groups excluding carboxylic acids is 1. The van der Waals surface area contributed by atoms with Crippen LogP contribution in [0.1, 0.15) is 5.56 Å². The molecule has 16 heavy (non-hydrogen) atoms. The molecule has 2 N–H and O–H groups in total.